The van der Waals surface area contributed by atoms with Crippen LogP contribution in [0.15, 0.2) is 61.2 Å². The zero-order valence-corrected chi connectivity index (χ0v) is 17.6. The topological polar surface area (TPSA) is 104 Å². The fourth-order valence-corrected chi connectivity index (χ4v) is 3.55. The molecule has 32 heavy (non-hydrogen) atoms. The normalized spacial score (nSPS) is 16.2. The zero-order valence-electron chi connectivity index (χ0n) is 17.6. The molecule has 3 aromatic rings. The van der Waals surface area contributed by atoms with Gasteiger partial charge in [0.15, 0.2) is 5.75 Å². The van der Waals surface area contributed by atoms with Crippen LogP contribution in [0, 0.1) is 11.3 Å². The molecular weight excluding hydrogens is 408 g/mol. The van der Waals surface area contributed by atoms with Crippen molar-refractivity contribution in [3.05, 3.63) is 72.3 Å². The van der Waals surface area contributed by atoms with Crippen LogP contribution in [0.1, 0.15) is 18.1 Å². The van der Waals surface area contributed by atoms with Crippen LogP contribution in [0.3, 0.4) is 0 Å². The van der Waals surface area contributed by atoms with Crippen molar-refractivity contribution in [2.75, 3.05) is 19.6 Å². The summed E-state index contributed by atoms with van der Waals surface area (Å²) in [7, 11) is 0. The predicted octanol–water partition coefficient (Wildman–Crippen LogP) is 3.24. The van der Waals surface area contributed by atoms with Crippen molar-refractivity contribution in [1.29, 1.82) is 5.26 Å². The molecule has 0 spiro atoms. The van der Waals surface area contributed by atoms with Crippen molar-refractivity contribution in [1.82, 2.24) is 24.8 Å². The first kappa shape index (κ1) is 21.2. The van der Waals surface area contributed by atoms with E-state index in [0.717, 1.165) is 12.1 Å². The molecule has 1 aromatic carbocycles. The van der Waals surface area contributed by atoms with Gasteiger partial charge in [-0.15, -0.1) is 0 Å². The number of nitriles is 1. The fourth-order valence-electron chi connectivity index (χ4n) is 3.55. The number of amides is 1. The smallest absolute Gasteiger partial charge is 0.415 e. The summed E-state index contributed by atoms with van der Waals surface area (Å²) in [6, 6.07) is 13.3. The molecule has 1 fully saturated rings. The molecule has 4 rings (SSSR count). The Morgan fingerprint density at radius 2 is 2.00 bits per heavy atom. The Bertz CT molecular complexity index is 1120. The summed E-state index contributed by atoms with van der Waals surface area (Å²) in [5, 5.41) is 8.97. The molecule has 9 nitrogen and oxygen atoms in total. The maximum atomic E-state index is 12.6. The number of piperazine rings is 1. The number of benzene rings is 1. The Labute approximate surface area is 185 Å². The van der Waals surface area contributed by atoms with Crippen LogP contribution < -0.4 is 9.47 Å². The van der Waals surface area contributed by atoms with Gasteiger partial charge in [-0.3, -0.25) is 9.88 Å². The second-order valence-electron chi connectivity index (χ2n) is 7.45. The van der Waals surface area contributed by atoms with Gasteiger partial charge >= 0.3 is 12.1 Å². The van der Waals surface area contributed by atoms with Gasteiger partial charge in [-0.25, -0.2) is 14.8 Å². The van der Waals surface area contributed by atoms with Gasteiger partial charge in [0.1, 0.15) is 11.8 Å². The molecule has 2 aromatic heterocycles. The maximum absolute atomic E-state index is 12.6. The fraction of sp³-hybridized carbons (Fsp3) is 0.261. The minimum atomic E-state index is -0.438. The summed E-state index contributed by atoms with van der Waals surface area (Å²) in [4.78, 5) is 28.7. The standard InChI is InChI=1S/C23H22N6O3/c1-17-15-28(8-9-29(17)23(30)32-21-11-19(12-24)13-25-14-21)16-18-4-2-5-20(10-18)31-22-26-6-3-7-27-22/h2-7,10-11,13-14,17H,8-9,15-16H2,1H3/t17-/m1/s1. The molecule has 1 amide bonds. The van der Waals surface area contributed by atoms with Gasteiger partial charge in [0, 0.05) is 56.9 Å². The number of ether oxygens (including phenoxy) is 2. The van der Waals surface area contributed by atoms with Crippen LogP contribution in [0.25, 0.3) is 0 Å². The molecular formula is C23H22N6O3. The largest absolute Gasteiger partial charge is 0.424 e. The Kier molecular flexibility index (Phi) is 6.53. The first-order valence-electron chi connectivity index (χ1n) is 10.2. The molecule has 162 valence electrons. The van der Waals surface area contributed by atoms with E-state index >= 15 is 0 Å². The highest BCUT2D eigenvalue weighted by Crippen LogP contribution is 2.21. The van der Waals surface area contributed by atoms with Gasteiger partial charge in [0.2, 0.25) is 0 Å². The Morgan fingerprint density at radius 1 is 1.16 bits per heavy atom. The molecule has 1 aliphatic rings. The average molecular weight is 430 g/mol. The quantitative estimate of drug-likeness (QED) is 0.608. The number of hydrogen-bond donors (Lipinski definition) is 0. The van der Waals surface area contributed by atoms with E-state index in [9.17, 15) is 4.79 Å². The van der Waals surface area contributed by atoms with Crippen molar-refractivity contribution in [2.45, 2.75) is 19.5 Å². The van der Waals surface area contributed by atoms with E-state index in [4.69, 9.17) is 14.7 Å². The van der Waals surface area contributed by atoms with Gasteiger partial charge in [-0.05, 0) is 30.7 Å². The second-order valence-corrected chi connectivity index (χ2v) is 7.45. The lowest BCUT2D eigenvalue weighted by atomic mass is 10.1. The van der Waals surface area contributed by atoms with E-state index in [1.807, 2.05) is 37.3 Å². The molecule has 0 saturated carbocycles. The molecule has 0 bridgehead atoms. The SMILES string of the molecule is C[C@@H]1CN(Cc2cccc(Oc3ncccn3)c2)CCN1C(=O)Oc1cncc(C#N)c1. The van der Waals surface area contributed by atoms with Crippen LogP contribution in [-0.2, 0) is 6.54 Å². The van der Waals surface area contributed by atoms with Crippen LogP contribution in [0.2, 0.25) is 0 Å². The van der Waals surface area contributed by atoms with Crippen LogP contribution >= 0.6 is 0 Å². The lowest BCUT2D eigenvalue weighted by Crippen LogP contribution is -2.54. The van der Waals surface area contributed by atoms with Gasteiger partial charge in [-0.2, -0.15) is 5.26 Å². The number of rotatable bonds is 5. The summed E-state index contributed by atoms with van der Waals surface area (Å²) in [6.45, 7) is 4.68. The summed E-state index contributed by atoms with van der Waals surface area (Å²) < 4.78 is 11.1. The summed E-state index contributed by atoms with van der Waals surface area (Å²) in [5.41, 5.74) is 1.44. The monoisotopic (exact) mass is 430 g/mol. The summed E-state index contributed by atoms with van der Waals surface area (Å²) in [6.07, 6.45) is 5.68. The summed E-state index contributed by atoms with van der Waals surface area (Å²) >= 11 is 0. The molecule has 0 radical (unpaired) electrons. The molecule has 1 aliphatic heterocycles. The third-order valence-electron chi connectivity index (χ3n) is 5.05. The molecule has 0 aliphatic carbocycles. The van der Waals surface area contributed by atoms with Crippen LogP contribution in [0.4, 0.5) is 4.79 Å². The van der Waals surface area contributed by atoms with Crippen molar-refractivity contribution in [3.8, 4) is 23.6 Å². The Balaban J connectivity index is 1.33. The van der Waals surface area contributed by atoms with E-state index < -0.39 is 6.09 Å². The third kappa shape index (κ3) is 5.36. The van der Waals surface area contributed by atoms with Crippen LogP contribution in [-0.4, -0.2) is 56.5 Å². The first-order valence-corrected chi connectivity index (χ1v) is 10.2. The van der Waals surface area contributed by atoms with Gasteiger partial charge < -0.3 is 14.4 Å². The minimum absolute atomic E-state index is 0.0273. The Morgan fingerprint density at radius 3 is 2.78 bits per heavy atom. The highest BCUT2D eigenvalue weighted by Gasteiger charge is 2.29. The van der Waals surface area contributed by atoms with Crippen molar-refractivity contribution in [3.63, 3.8) is 0 Å². The molecule has 1 atom stereocenters. The predicted molar refractivity (Wildman–Crippen MR) is 115 cm³/mol. The van der Waals surface area contributed by atoms with E-state index in [1.165, 1.54) is 18.5 Å². The van der Waals surface area contributed by atoms with Crippen molar-refractivity contribution in [2.24, 2.45) is 0 Å². The zero-order chi connectivity index (χ0) is 22.3. The van der Waals surface area contributed by atoms with E-state index in [1.54, 1.807) is 23.4 Å². The van der Waals surface area contributed by atoms with Gasteiger partial charge in [0.25, 0.3) is 0 Å². The number of hydrogen-bond acceptors (Lipinski definition) is 8. The van der Waals surface area contributed by atoms with Gasteiger partial charge in [-0.1, -0.05) is 12.1 Å². The minimum Gasteiger partial charge on any atom is -0.424 e. The third-order valence-corrected chi connectivity index (χ3v) is 5.05. The Hall–Kier alpha value is -4.03. The molecule has 1 saturated heterocycles. The van der Waals surface area contributed by atoms with Crippen LogP contribution in [0.5, 0.6) is 17.5 Å². The highest BCUT2D eigenvalue weighted by atomic mass is 16.6. The number of aromatic nitrogens is 3. The first-order chi connectivity index (χ1) is 15.6. The molecule has 3 heterocycles. The second kappa shape index (κ2) is 9.85. The van der Waals surface area contributed by atoms with Crippen molar-refractivity contribution < 1.29 is 14.3 Å². The summed E-state index contributed by atoms with van der Waals surface area (Å²) in [5.74, 6) is 0.945. The van der Waals surface area contributed by atoms with Crippen molar-refractivity contribution >= 4 is 6.09 Å². The van der Waals surface area contributed by atoms with E-state index in [0.29, 0.717) is 37.0 Å². The molecule has 0 unspecified atom stereocenters. The lowest BCUT2D eigenvalue weighted by molar-refractivity contribution is 0.0752. The average Bonchev–Trinajstić information content (AvgIpc) is 2.80. The molecule has 9 heteroatoms. The van der Waals surface area contributed by atoms with E-state index in [-0.39, 0.29) is 11.8 Å². The van der Waals surface area contributed by atoms with E-state index in [2.05, 4.69) is 19.9 Å². The number of nitrogens with zero attached hydrogens (tertiary/aromatic N) is 6. The number of carbonyl (C=O) groups is 1. The lowest BCUT2D eigenvalue weighted by Gasteiger charge is -2.39. The number of carbonyl (C=O) groups excluding carboxylic acids is 1. The maximum Gasteiger partial charge on any atom is 0.415 e. The van der Waals surface area contributed by atoms with Gasteiger partial charge in [0.05, 0.1) is 11.8 Å². The highest BCUT2D eigenvalue weighted by molar-refractivity contribution is 5.71. The molecule has 0 N–H and O–H groups in total. The number of pyridine rings is 1.